The van der Waals surface area contributed by atoms with Crippen molar-refractivity contribution in [3.05, 3.63) is 48.3 Å². The number of nitrogens with zero attached hydrogens (tertiary/aromatic N) is 2. The highest BCUT2D eigenvalue weighted by Crippen LogP contribution is 2.37. The minimum Gasteiger partial charge on any atom is -0.384 e. The molecular formula is C15H18N2O. The maximum atomic E-state index is 10.8. The second kappa shape index (κ2) is 4.58. The highest BCUT2D eigenvalue weighted by molar-refractivity contribution is 5.34. The summed E-state index contributed by atoms with van der Waals surface area (Å²) in [6.07, 6.45) is 6.86. The lowest BCUT2D eigenvalue weighted by Gasteiger charge is -2.32. The molecule has 1 aliphatic rings. The smallest absolute Gasteiger partial charge is 0.107 e. The van der Waals surface area contributed by atoms with Crippen molar-refractivity contribution >= 4 is 0 Å². The van der Waals surface area contributed by atoms with Crippen molar-refractivity contribution in [3.63, 3.8) is 0 Å². The monoisotopic (exact) mass is 242 g/mol. The van der Waals surface area contributed by atoms with Crippen LogP contribution in [-0.4, -0.2) is 14.9 Å². The number of hydrogen-bond donors (Lipinski definition) is 1. The van der Waals surface area contributed by atoms with Crippen molar-refractivity contribution in [2.24, 2.45) is 0 Å². The summed E-state index contributed by atoms with van der Waals surface area (Å²) in [6.45, 7) is 0. The van der Waals surface area contributed by atoms with Gasteiger partial charge in [-0.05, 0) is 31.0 Å². The lowest BCUT2D eigenvalue weighted by Crippen LogP contribution is -2.31. The first-order valence-electron chi connectivity index (χ1n) is 6.62. The van der Waals surface area contributed by atoms with E-state index in [1.54, 1.807) is 6.20 Å². The number of aliphatic hydroxyl groups is 1. The van der Waals surface area contributed by atoms with Crippen molar-refractivity contribution in [3.8, 4) is 5.69 Å². The van der Waals surface area contributed by atoms with Crippen molar-refractivity contribution < 1.29 is 5.11 Å². The van der Waals surface area contributed by atoms with Crippen LogP contribution in [0.4, 0.5) is 0 Å². The Morgan fingerprint density at radius 3 is 2.44 bits per heavy atom. The third-order valence-corrected chi connectivity index (χ3v) is 3.80. The van der Waals surface area contributed by atoms with Crippen LogP contribution >= 0.6 is 0 Å². The van der Waals surface area contributed by atoms with Crippen molar-refractivity contribution in [1.29, 1.82) is 0 Å². The van der Waals surface area contributed by atoms with Crippen LogP contribution in [0.5, 0.6) is 0 Å². The maximum absolute atomic E-state index is 10.8. The molecule has 1 N–H and O–H groups in total. The standard InChI is InChI=1S/C15H18N2O/c18-15(10-5-2-6-11-15)14-9-12-16-17(14)13-7-3-1-4-8-13/h1,3-4,7-9,12,18H,2,5-6,10-11H2. The molecule has 0 bridgehead atoms. The molecule has 0 saturated heterocycles. The molecule has 3 rings (SSSR count). The Morgan fingerprint density at radius 1 is 1.00 bits per heavy atom. The molecule has 2 aromatic rings. The van der Waals surface area contributed by atoms with Gasteiger partial charge < -0.3 is 5.11 Å². The van der Waals surface area contributed by atoms with Gasteiger partial charge in [0.1, 0.15) is 5.60 Å². The molecule has 1 fully saturated rings. The van der Waals surface area contributed by atoms with Crippen LogP contribution in [0.25, 0.3) is 5.69 Å². The zero-order valence-electron chi connectivity index (χ0n) is 10.4. The van der Waals surface area contributed by atoms with E-state index >= 15 is 0 Å². The first-order chi connectivity index (χ1) is 8.80. The summed E-state index contributed by atoms with van der Waals surface area (Å²) in [7, 11) is 0. The van der Waals surface area contributed by atoms with E-state index in [1.807, 2.05) is 41.1 Å². The van der Waals surface area contributed by atoms with Gasteiger partial charge in [0.15, 0.2) is 0 Å². The van der Waals surface area contributed by atoms with Crippen LogP contribution in [-0.2, 0) is 5.60 Å². The Kier molecular flexibility index (Phi) is 2.92. The van der Waals surface area contributed by atoms with Crippen molar-refractivity contribution in [2.75, 3.05) is 0 Å². The van der Waals surface area contributed by atoms with Gasteiger partial charge in [-0.2, -0.15) is 5.10 Å². The van der Waals surface area contributed by atoms with E-state index in [1.165, 1.54) is 6.42 Å². The van der Waals surface area contributed by atoms with Gasteiger partial charge in [0.25, 0.3) is 0 Å². The molecule has 3 heteroatoms. The third-order valence-electron chi connectivity index (χ3n) is 3.80. The SMILES string of the molecule is OC1(c2ccnn2-c2ccccc2)CCCCC1. The Bertz CT molecular complexity index is 512. The van der Waals surface area contributed by atoms with Crippen LogP contribution in [0.2, 0.25) is 0 Å². The lowest BCUT2D eigenvalue weighted by molar-refractivity contribution is -0.00673. The van der Waals surface area contributed by atoms with E-state index in [9.17, 15) is 5.11 Å². The first kappa shape index (κ1) is 11.5. The second-order valence-corrected chi connectivity index (χ2v) is 5.06. The molecule has 0 aliphatic heterocycles. The van der Waals surface area contributed by atoms with Gasteiger partial charge in [0.05, 0.1) is 11.4 Å². The van der Waals surface area contributed by atoms with Crippen molar-refractivity contribution in [2.45, 2.75) is 37.7 Å². The van der Waals surface area contributed by atoms with Crippen LogP contribution in [0, 0.1) is 0 Å². The summed E-state index contributed by atoms with van der Waals surface area (Å²) in [4.78, 5) is 0. The van der Waals surface area contributed by atoms with Gasteiger partial charge in [0, 0.05) is 6.20 Å². The fraction of sp³-hybridized carbons (Fsp3) is 0.400. The predicted octanol–water partition coefficient (Wildman–Crippen LogP) is 3.02. The summed E-state index contributed by atoms with van der Waals surface area (Å²) in [6, 6.07) is 11.9. The summed E-state index contributed by atoms with van der Waals surface area (Å²) < 4.78 is 1.87. The van der Waals surface area contributed by atoms with Crippen LogP contribution < -0.4 is 0 Å². The first-order valence-corrected chi connectivity index (χ1v) is 6.62. The predicted molar refractivity (Wildman–Crippen MR) is 70.5 cm³/mol. The molecule has 0 unspecified atom stereocenters. The summed E-state index contributed by atoms with van der Waals surface area (Å²) in [5.41, 5.74) is 1.23. The van der Waals surface area contributed by atoms with Gasteiger partial charge in [-0.15, -0.1) is 0 Å². The maximum Gasteiger partial charge on any atom is 0.107 e. The fourth-order valence-electron chi connectivity index (χ4n) is 2.82. The highest BCUT2D eigenvalue weighted by atomic mass is 16.3. The Morgan fingerprint density at radius 2 is 1.72 bits per heavy atom. The Labute approximate surface area is 107 Å². The third kappa shape index (κ3) is 1.95. The molecule has 1 saturated carbocycles. The van der Waals surface area contributed by atoms with E-state index < -0.39 is 5.60 Å². The molecule has 1 aromatic heterocycles. The van der Waals surface area contributed by atoms with Crippen LogP contribution in [0.15, 0.2) is 42.6 Å². The Hall–Kier alpha value is -1.61. The van der Waals surface area contributed by atoms with E-state index in [0.717, 1.165) is 37.1 Å². The molecule has 0 radical (unpaired) electrons. The number of rotatable bonds is 2. The van der Waals surface area contributed by atoms with Gasteiger partial charge in [0.2, 0.25) is 0 Å². The number of aromatic nitrogens is 2. The molecule has 1 aliphatic carbocycles. The van der Waals surface area contributed by atoms with Gasteiger partial charge in [-0.25, -0.2) is 4.68 Å². The topological polar surface area (TPSA) is 38.1 Å². The molecule has 18 heavy (non-hydrogen) atoms. The van der Waals surface area contributed by atoms with Gasteiger partial charge in [-0.1, -0.05) is 37.5 Å². The average Bonchev–Trinajstić information content (AvgIpc) is 2.91. The van der Waals surface area contributed by atoms with Gasteiger partial charge >= 0.3 is 0 Å². The summed E-state index contributed by atoms with van der Waals surface area (Å²) >= 11 is 0. The zero-order valence-corrected chi connectivity index (χ0v) is 10.4. The summed E-state index contributed by atoms with van der Waals surface area (Å²) in [5.74, 6) is 0. The normalized spacial score (nSPS) is 18.7. The van der Waals surface area contributed by atoms with Crippen LogP contribution in [0.1, 0.15) is 37.8 Å². The minimum absolute atomic E-state index is 0.704. The van der Waals surface area contributed by atoms with E-state index in [2.05, 4.69) is 5.10 Å². The molecule has 1 aromatic carbocycles. The zero-order chi connectivity index (χ0) is 12.4. The van der Waals surface area contributed by atoms with Gasteiger partial charge in [-0.3, -0.25) is 0 Å². The largest absolute Gasteiger partial charge is 0.384 e. The minimum atomic E-state index is -0.704. The number of hydrogen-bond acceptors (Lipinski definition) is 2. The molecule has 0 atom stereocenters. The lowest BCUT2D eigenvalue weighted by atomic mass is 9.82. The van der Waals surface area contributed by atoms with Crippen LogP contribution in [0.3, 0.4) is 0 Å². The quantitative estimate of drug-likeness (QED) is 0.879. The molecule has 0 spiro atoms. The number of benzene rings is 1. The van der Waals surface area contributed by atoms with E-state index in [-0.39, 0.29) is 0 Å². The average molecular weight is 242 g/mol. The van der Waals surface area contributed by atoms with Crippen molar-refractivity contribution in [1.82, 2.24) is 9.78 Å². The molecule has 94 valence electrons. The number of para-hydroxylation sites is 1. The molecule has 0 amide bonds. The van der Waals surface area contributed by atoms with E-state index in [0.29, 0.717) is 0 Å². The molecule has 1 heterocycles. The summed E-state index contributed by atoms with van der Waals surface area (Å²) in [5, 5.41) is 15.2. The second-order valence-electron chi connectivity index (χ2n) is 5.06. The fourth-order valence-corrected chi connectivity index (χ4v) is 2.82. The van der Waals surface area contributed by atoms with E-state index in [4.69, 9.17) is 0 Å². The molecular weight excluding hydrogens is 224 g/mol. The molecule has 3 nitrogen and oxygen atoms in total. The highest BCUT2D eigenvalue weighted by Gasteiger charge is 2.34. The Balaban J connectivity index is 2.01.